The molecule has 0 bridgehead atoms. The molecule has 0 saturated carbocycles. The Morgan fingerprint density at radius 3 is 2.29 bits per heavy atom. The van der Waals surface area contributed by atoms with Crippen molar-refractivity contribution in [3.63, 3.8) is 0 Å². The molecule has 0 aliphatic carbocycles. The highest BCUT2D eigenvalue weighted by Gasteiger charge is 2.10. The number of aromatic nitrogens is 1. The van der Waals surface area contributed by atoms with E-state index in [2.05, 4.69) is 64.3 Å². The van der Waals surface area contributed by atoms with Crippen molar-refractivity contribution in [1.29, 1.82) is 0 Å². The third-order valence-electron chi connectivity index (χ3n) is 3.45. The molecule has 2 rings (SSSR count). The molecule has 2 nitrogen and oxygen atoms in total. The lowest BCUT2D eigenvalue weighted by atomic mass is 10.00. The number of hydrogen-bond donors (Lipinski definition) is 1. The maximum atomic E-state index is 4.40. The molecule has 1 unspecified atom stereocenters. The lowest BCUT2D eigenvalue weighted by Crippen LogP contribution is -2.18. The Hall–Kier alpha value is -0.840. The summed E-state index contributed by atoms with van der Waals surface area (Å²) in [4.78, 5) is 4.40. The predicted molar refractivity (Wildman–Crippen MR) is 95.0 cm³/mol. The minimum Gasteiger partial charge on any atom is -0.312 e. The van der Waals surface area contributed by atoms with Gasteiger partial charge in [-0.1, -0.05) is 38.1 Å². The zero-order valence-electron chi connectivity index (χ0n) is 12.6. The number of benzene rings is 1. The molecule has 1 heterocycles. The van der Waals surface area contributed by atoms with E-state index in [1.165, 1.54) is 11.1 Å². The van der Waals surface area contributed by atoms with Gasteiger partial charge in [0.2, 0.25) is 0 Å². The molecule has 2 aromatic rings. The van der Waals surface area contributed by atoms with Crippen LogP contribution in [-0.2, 0) is 0 Å². The quantitative estimate of drug-likeness (QED) is 0.728. The Morgan fingerprint density at radius 1 is 1.10 bits per heavy atom. The molecule has 0 fully saturated rings. The van der Waals surface area contributed by atoms with Crippen LogP contribution in [-0.4, -0.2) is 17.8 Å². The van der Waals surface area contributed by atoms with Gasteiger partial charge in [0, 0.05) is 22.5 Å². The van der Waals surface area contributed by atoms with E-state index in [-0.39, 0.29) is 0 Å². The zero-order chi connectivity index (χ0) is 15.2. The third-order valence-corrected chi connectivity index (χ3v) is 4.96. The molecule has 21 heavy (non-hydrogen) atoms. The van der Waals surface area contributed by atoms with Crippen molar-refractivity contribution >= 4 is 27.7 Å². The average Bonchev–Trinajstić information content (AvgIpc) is 2.50. The first-order valence-corrected chi connectivity index (χ1v) is 8.89. The Morgan fingerprint density at radius 2 is 1.76 bits per heavy atom. The number of rotatable bonds is 6. The number of pyridine rings is 1. The summed E-state index contributed by atoms with van der Waals surface area (Å²) in [7, 11) is 2.01. The molecule has 0 aliphatic heterocycles. The van der Waals surface area contributed by atoms with Crippen LogP contribution < -0.4 is 5.32 Å². The molecular formula is C17H21BrN2S. The van der Waals surface area contributed by atoms with Crippen LogP contribution in [0.1, 0.15) is 36.9 Å². The van der Waals surface area contributed by atoms with E-state index in [9.17, 15) is 0 Å². The molecular weight excluding hydrogens is 344 g/mol. The third kappa shape index (κ3) is 4.83. The lowest BCUT2D eigenvalue weighted by molar-refractivity contribution is 0.660. The van der Waals surface area contributed by atoms with E-state index in [0.29, 0.717) is 12.0 Å². The molecule has 1 atom stereocenters. The molecule has 1 N–H and O–H groups in total. The largest absolute Gasteiger partial charge is 0.312 e. The molecule has 112 valence electrons. The molecule has 0 saturated heterocycles. The molecule has 0 spiro atoms. The smallest absolute Gasteiger partial charge is 0.0961 e. The summed E-state index contributed by atoms with van der Waals surface area (Å²) >= 11 is 5.18. The van der Waals surface area contributed by atoms with Gasteiger partial charge in [-0.15, -0.1) is 11.8 Å². The Bertz CT molecular complexity index is 552. The maximum absolute atomic E-state index is 4.40. The van der Waals surface area contributed by atoms with Gasteiger partial charge in [0.15, 0.2) is 0 Å². The molecule has 4 heteroatoms. The Kier molecular flexibility index (Phi) is 6.27. The number of nitrogens with one attached hydrogen (secondary N) is 1. The molecule has 0 amide bonds. The van der Waals surface area contributed by atoms with Crippen molar-refractivity contribution in [2.45, 2.75) is 30.8 Å². The number of hydrogen-bond acceptors (Lipinski definition) is 3. The summed E-state index contributed by atoms with van der Waals surface area (Å²) in [5.74, 6) is 1.54. The summed E-state index contributed by atoms with van der Waals surface area (Å²) in [6.07, 6.45) is 1.84. The van der Waals surface area contributed by atoms with Crippen molar-refractivity contribution in [2.24, 2.45) is 0 Å². The standard InChI is InChI=1S/C17H21BrN2S/c1-12(2)13-4-6-14(7-5-13)16(19-3)11-21-17-9-8-15(18)10-20-17/h4-10,12,16,19H,11H2,1-3H3. The summed E-state index contributed by atoms with van der Waals surface area (Å²) in [5.41, 5.74) is 2.71. The summed E-state index contributed by atoms with van der Waals surface area (Å²) < 4.78 is 1.02. The first kappa shape index (κ1) is 16.5. The van der Waals surface area contributed by atoms with Crippen LogP contribution in [0, 0.1) is 0 Å². The Balaban J connectivity index is 2.00. The van der Waals surface area contributed by atoms with Crippen LogP contribution in [0.5, 0.6) is 0 Å². The molecule has 0 radical (unpaired) electrons. The SMILES string of the molecule is CNC(CSc1ccc(Br)cn1)c1ccc(C(C)C)cc1. The van der Waals surface area contributed by atoms with Crippen LogP contribution in [0.25, 0.3) is 0 Å². The second-order valence-electron chi connectivity index (χ2n) is 5.29. The fourth-order valence-corrected chi connectivity index (χ4v) is 3.30. The van der Waals surface area contributed by atoms with Crippen LogP contribution in [0.2, 0.25) is 0 Å². The van der Waals surface area contributed by atoms with E-state index in [0.717, 1.165) is 15.3 Å². The summed E-state index contributed by atoms with van der Waals surface area (Å²) in [6.45, 7) is 4.44. The van der Waals surface area contributed by atoms with Crippen LogP contribution in [0.15, 0.2) is 52.1 Å². The van der Waals surface area contributed by atoms with Gasteiger partial charge in [-0.2, -0.15) is 0 Å². The summed E-state index contributed by atoms with van der Waals surface area (Å²) in [6, 6.07) is 13.3. The average molecular weight is 365 g/mol. The second-order valence-corrected chi connectivity index (χ2v) is 7.24. The van der Waals surface area contributed by atoms with Crippen molar-refractivity contribution in [3.05, 3.63) is 58.2 Å². The highest BCUT2D eigenvalue weighted by molar-refractivity contribution is 9.10. The van der Waals surface area contributed by atoms with Gasteiger partial charge in [-0.3, -0.25) is 0 Å². The fourth-order valence-electron chi connectivity index (χ4n) is 2.08. The number of thioether (sulfide) groups is 1. The van der Waals surface area contributed by atoms with E-state index < -0.39 is 0 Å². The lowest BCUT2D eigenvalue weighted by Gasteiger charge is -2.17. The molecule has 1 aromatic heterocycles. The molecule has 1 aromatic carbocycles. The van der Waals surface area contributed by atoms with Crippen LogP contribution in [0.3, 0.4) is 0 Å². The predicted octanol–water partition coefficient (Wildman–Crippen LogP) is 5.02. The number of nitrogens with zero attached hydrogens (tertiary/aromatic N) is 1. The minimum absolute atomic E-state index is 0.335. The van der Waals surface area contributed by atoms with Crippen LogP contribution in [0.4, 0.5) is 0 Å². The van der Waals surface area contributed by atoms with E-state index in [1.807, 2.05) is 25.4 Å². The van der Waals surface area contributed by atoms with Gasteiger partial charge in [0.1, 0.15) is 0 Å². The highest BCUT2D eigenvalue weighted by Crippen LogP contribution is 2.25. The van der Waals surface area contributed by atoms with Crippen molar-refractivity contribution in [1.82, 2.24) is 10.3 Å². The van der Waals surface area contributed by atoms with Gasteiger partial charge in [0.25, 0.3) is 0 Å². The maximum Gasteiger partial charge on any atom is 0.0961 e. The van der Waals surface area contributed by atoms with Gasteiger partial charge in [-0.05, 0) is 52.2 Å². The van der Waals surface area contributed by atoms with Gasteiger partial charge < -0.3 is 5.32 Å². The van der Waals surface area contributed by atoms with E-state index in [4.69, 9.17) is 0 Å². The summed E-state index contributed by atoms with van der Waals surface area (Å²) in [5, 5.41) is 4.44. The first-order chi connectivity index (χ1) is 10.1. The zero-order valence-corrected chi connectivity index (χ0v) is 15.0. The number of halogens is 1. The van der Waals surface area contributed by atoms with Crippen LogP contribution >= 0.6 is 27.7 Å². The minimum atomic E-state index is 0.335. The van der Waals surface area contributed by atoms with E-state index in [1.54, 1.807) is 11.8 Å². The van der Waals surface area contributed by atoms with Crippen molar-refractivity contribution in [3.8, 4) is 0 Å². The second kappa shape index (κ2) is 7.97. The van der Waals surface area contributed by atoms with Gasteiger partial charge in [-0.25, -0.2) is 4.98 Å². The monoisotopic (exact) mass is 364 g/mol. The van der Waals surface area contributed by atoms with Gasteiger partial charge in [0.05, 0.1) is 5.03 Å². The Labute approximate surface area is 139 Å². The van der Waals surface area contributed by atoms with Crippen molar-refractivity contribution in [2.75, 3.05) is 12.8 Å². The van der Waals surface area contributed by atoms with Crippen molar-refractivity contribution < 1.29 is 0 Å². The van der Waals surface area contributed by atoms with E-state index >= 15 is 0 Å². The normalized spacial score (nSPS) is 12.6. The molecule has 0 aliphatic rings. The topological polar surface area (TPSA) is 24.9 Å². The first-order valence-electron chi connectivity index (χ1n) is 7.11. The van der Waals surface area contributed by atoms with Gasteiger partial charge >= 0.3 is 0 Å². The highest BCUT2D eigenvalue weighted by atomic mass is 79.9. The fraction of sp³-hybridized carbons (Fsp3) is 0.353.